The highest BCUT2D eigenvalue weighted by molar-refractivity contribution is 7.98. The van der Waals surface area contributed by atoms with Gasteiger partial charge >= 0.3 is 0 Å². The number of hydrogen-bond acceptors (Lipinski definition) is 7. The third-order valence-corrected chi connectivity index (χ3v) is 7.65. The number of rotatable bonds is 6. The molecule has 1 aromatic carbocycles. The quantitative estimate of drug-likeness (QED) is 0.562. The van der Waals surface area contributed by atoms with Crippen molar-refractivity contribution in [2.24, 2.45) is 5.73 Å². The van der Waals surface area contributed by atoms with Crippen LogP contribution in [0, 0.1) is 13.8 Å². The van der Waals surface area contributed by atoms with Crippen LogP contribution in [0.5, 0.6) is 0 Å². The van der Waals surface area contributed by atoms with E-state index in [0.29, 0.717) is 12.3 Å². The molecule has 158 valence electrons. The molecule has 2 N–H and O–H groups in total. The molecule has 9 heteroatoms. The number of thiophene rings is 1. The van der Waals surface area contributed by atoms with E-state index in [0.717, 1.165) is 58.0 Å². The standard InChI is InChI=1S/C21H24ClN5OS2/c1-13-14(2)30-21-19(13)20(27-9-7-26(8-10-27)11-17(23)28)24-18(25-21)12-29-16-5-3-15(22)4-6-16/h3-6H,7-12H2,1-2H3,(H2,23,28). The Balaban J connectivity index is 1.59. The van der Waals surface area contributed by atoms with E-state index >= 15 is 0 Å². The second kappa shape index (κ2) is 9.09. The molecule has 2 aromatic heterocycles. The third-order valence-electron chi connectivity index (χ3n) is 5.29. The number of primary amides is 1. The van der Waals surface area contributed by atoms with Crippen LogP contribution in [-0.2, 0) is 10.5 Å². The molecule has 0 spiro atoms. The third kappa shape index (κ3) is 4.72. The van der Waals surface area contributed by atoms with Crippen molar-refractivity contribution in [1.82, 2.24) is 14.9 Å². The summed E-state index contributed by atoms with van der Waals surface area (Å²) in [5.41, 5.74) is 6.60. The Morgan fingerprint density at radius 2 is 1.87 bits per heavy atom. The first-order chi connectivity index (χ1) is 14.4. The summed E-state index contributed by atoms with van der Waals surface area (Å²) < 4.78 is 0. The number of hydrogen-bond donors (Lipinski definition) is 1. The van der Waals surface area contributed by atoms with Crippen molar-refractivity contribution in [3.8, 4) is 0 Å². The van der Waals surface area contributed by atoms with Crippen LogP contribution in [0.2, 0.25) is 5.02 Å². The van der Waals surface area contributed by atoms with Gasteiger partial charge in [-0.3, -0.25) is 9.69 Å². The molecule has 1 aliphatic heterocycles. The van der Waals surface area contributed by atoms with Crippen LogP contribution < -0.4 is 10.6 Å². The number of thioether (sulfide) groups is 1. The summed E-state index contributed by atoms with van der Waals surface area (Å²) in [7, 11) is 0. The van der Waals surface area contributed by atoms with E-state index in [2.05, 4.69) is 23.6 Å². The van der Waals surface area contributed by atoms with Gasteiger partial charge in [-0.15, -0.1) is 23.1 Å². The van der Waals surface area contributed by atoms with E-state index in [1.165, 1.54) is 10.4 Å². The molecule has 1 fully saturated rings. The van der Waals surface area contributed by atoms with Crippen LogP contribution in [0.25, 0.3) is 10.2 Å². The molecule has 0 saturated carbocycles. The molecule has 6 nitrogen and oxygen atoms in total. The van der Waals surface area contributed by atoms with Crippen LogP contribution in [0.15, 0.2) is 29.2 Å². The number of aromatic nitrogens is 2. The minimum atomic E-state index is -0.279. The van der Waals surface area contributed by atoms with E-state index < -0.39 is 0 Å². The maximum Gasteiger partial charge on any atom is 0.231 e. The zero-order valence-corrected chi connectivity index (χ0v) is 19.4. The lowest BCUT2D eigenvalue weighted by Gasteiger charge is -2.35. The molecule has 3 aromatic rings. The number of nitrogens with two attached hydrogens (primary N) is 1. The van der Waals surface area contributed by atoms with Gasteiger partial charge in [0.15, 0.2) is 0 Å². The van der Waals surface area contributed by atoms with Gasteiger partial charge in [0.25, 0.3) is 0 Å². The smallest absolute Gasteiger partial charge is 0.231 e. The normalized spacial score (nSPS) is 15.1. The van der Waals surface area contributed by atoms with Crippen molar-refractivity contribution in [1.29, 1.82) is 0 Å². The topological polar surface area (TPSA) is 75.3 Å². The van der Waals surface area contributed by atoms with Gasteiger partial charge in [-0.1, -0.05) is 11.6 Å². The van der Waals surface area contributed by atoms with Crippen LogP contribution in [-0.4, -0.2) is 53.5 Å². The molecule has 0 radical (unpaired) electrons. The Hall–Kier alpha value is -1.87. The van der Waals surface area contributed by atoms with Crippen LogP contribution in [0.3, 0.4) is 0 Å². The molecule has 0 atom stereocenters. The zero-order chi connectivity index (χ0) is 21.3. The maximum atomic E-state index is 11.2. The van der Waals surface area contributed by atoms with Gasteiger partial charge in [0, 0.05) is 41.0 Å². The fourth-order valence-corrected chi connectivity index (χ4v) is 5.50. The Bertz CT molecular complexity index is 1060. The fourth-order valence-electron chi connectivity index (χ4n) is 3.58. The number of amides is 1. The van der Waals surface area contributed by atoms with E-state index in [-0.39, 0.29) is 5.91 Å². The van der Waals surface area contributed by atoms with Crippen molar-refractivity contribution in [2.45, 2.75) is 24.5 Å². The maximum absolute atomic E-state index is 11.2. The number of carbonyl (C=O) groups excluding carboxylic acids is 1. The molecule has 1 saturated heterocycles. The monoisotopic (exact) mass is 461 g/mol. The summed E-state index contributed by atoms with van der Waals surface area (Å²) in [6, 6.07) is 7.83. The van der Waals surface area contributed by atoms with E-state index in [9.17, 15) is 4.79 Å². The molecular formula is C21H24ClN5OS2. The van der Waals surface area contributed by atoms with Crippen LogP contribution >= 0.6 is 34.7 Å². The van der Waals surface area contributed by atoms with Crippen molar-refractivity contribution in [3.05, 3.63) is 45.6 Å². The van der Waals surface area contributed by atoms with E-state index in [1.807, 2.05) is 24.3 Å². The Morgan fingerprint density at radius 3 is 2.53 bits per heavy atom. The van der Waals surface area contributed by atoms with Crippen molar-refractivity contribution >= 4 is 56.6 Å². The molecule has 30 heavy (non-hydrogen) atoms. The van der Waals surface area contributed by atoms with Gasteiger partial charge in [-0.2, -0.15) is 0 Å². The van der Waals surface area contributed by atoms with Crippen molar-refractivity contribution in [3.63, 3.8) is 0 Å². The SMILES string of the molecule is Cc1sc2nc(CSc3ccc(Cl)cc3)nc(N3CCN(CC(N)=O)CC3)c2c1C. The average molecular weight is 462 g/mol. The Morgan fingerprint density at radius 1 is 1.17 bits per heavy atom. The van der Waals surface area contributed by atoms with Crippen LogP contribution in [0.4, 0.5) is 5.82 Å². The largest absolute Gasteiger partial charge is 0.369 e. The minimum absolute atomic E-state index is 0.279. The molecule has 4 rings (SSSR count). The molecule has 0 aliphatic carbocycles. The number of halogens is 1. The summed E-state index contributed by atoms with van der Waals surface area (Å²) in [6.07, 6.45) is 0. The molecule has 0 bridgehead atoms. The molecule has 0 unspecified atom stereocenters. The molecule has 1 amide bonds. The number of fused-ring (bicyclic) bond motifs is 1. The van der Waals surface area contributed by atoms with E-state index in [4.69, 9.17) is 27.3 Å². The highest BCUT2D eigenvalue weighted by atomic mass is 35.5. The first-order valence-corrected chi connectivity index (χ1v) is 12.0. The number of anilines is 1. The van der Waals surface area contributed by atoms with Gasteiger partial charge in [0.2, 0.25) is 5.91 Å². The number of carbonyl (C=O) groups is 1. The predicted molar refractivity (Wildman–Crippen MR) is 126 cm³/mol. The van der Waals surface area contributed by atoms with Gasteiger partial charge in [-0.25, -0.2) is 9.97 Å². The molecular weight excluding hydrogens is 438 g/mol. The molecule has 3 heterocycles. The number of aryl methyl sites for hydroxylation is 2. The predicted octanol–water partition coefficient (Wildman–Crippen LogP) is 3.86. The number of piperazine rings is 1. The summed E-state index contributed by atoms with van der Waals surface area (Å²) >= 11 is 9.42. The minimum Gasteiger partial charge on any atom is -0.369 e. The second-order valence-corrected chi connectivity index (χ2v) is 10.1. The summed E-state index contributed by atoms with van der Waals surface area (Å²) in [4.78, 5) is 28.9. The lowest BCUT2D eigenvalue weighted by molar-refractivity contribution is -0.119. The first-order valence-electron chi connectivity index (χ1n) is 9.81. The van der Waals surface area contributed by atoms with Crippen LogP contribution in [0.1, 0.15) is 16.3 Å². The van der Waals surface area contributed by atoms with Gasteiger partial charge in [-0.05, 0) is 43.7 Å². The Labute approximate surface area is 189 Å². The molecule has 1 aliphatic rings. The number of benzene rings is 1. The second-order valence-electron chi connectivity index (χ2n) is 7.40. The highest BCUT2D eigenvalue weighted by Crippen LogP contribution is 2.36. The van der Waals surface area contributed by atoms with Crippen molar-refractivity contribution < 1.29 is 4.79 Å². The lowest BCUT2D eigenvalue weighted by atomic mass is 10.2. The van der Waals surface area contributed by atoms with Gasteiger partial charge < -0.3 is 10.6 Å². The first kappa shape index (κ1) is 21.4. The van der Waals surface area contributed by atoms with Gasteiger partial charge in [0.05, 0.1) is 17.7 Å². The lowest BCUT2D eigenvalue weighted by Crippen LogP contribution is -2.49. The van der Waals surface area contributed by atoms with Gasteiger partial charge in [0.1, 0.15) is 16.5 Å². The average Bonchev–Trinajstić information content (AvgIpc) is 3.01. The van der Waals surface area contributed by atoms with E-state index in [1.54, 1.807) is 23.1 Å². The fraction of sp³-hybridized carbons (Fsp3) is 0.381. The Kier molecular flexibility index (Phi) is 6.48. The summed E-state index contributed by atoms with van der Waals surface area (Å²) in [6.45, 7) is 7.82. The van der Waals surface area contributed by atoms with Crippen molar-refractivity contribution in [2.75, 3.05) is 37.6 Å². The summed E-state index contributed by atoms with van der Waals surface area (Å²) in [5.74, 6) is 2.26. The zero-order valence-electron chi connectivity index (χ0n) is 17.0. The number of nitrogens with zero attached hydrogens (tertiary/aromatic N) is 4. The highest BCUT2D eigenvalue weighted by Gasteiger charge is 2.24. The summed E-state index contributed by atoms with van der Waals surface area (Å²) in [5, 5.41) is 1.89.